The summed E-state index contributed by atoms with van der Waals surface area (Å²) in [7, 11) is 0. The fourth-order valence-electron chi connectivity index (χ4n) is 3.65. The van der Waals surface area contributed by atoms with Crippen LogP contribution in [-0.2, 0) is 11.3 Å². The fourth-order valence-corrected chi connectivity index (χ4v) is 3.65. The number of benzene rings is 3. The third kappa shape index (κ3) is 6.17. The van der Waals surface area contributed by atoms with E-state index < -0.39 is 0 Å². The molecule has 3 aromatic rings. The number of hydrogen-bond donors (Lipinski definition) is 0. The number of amides is 1. The van der Waals surface area contributed by atoms with Crippen LogP contribution in [0, 0.1) is 0 Å². The molecule has 160 valence electrons. The highest BCUT2D eigenvalue weighted by Crippen LogP contribution is 2.23. The average Bonchev–Trinajstić information content (AvgIpc) is 2.83. The van der Waals surface area contributed by atoms with Gasteiger partial charge in [0.15, 0.2) is 0 Å². The Balaban J connectivity index is 1.48. The molecule has 0 spiro atoms. The van der Waals surface area contributed by atoms with Crippen molar-refractivity contribution in [1.82, 2.24) is 9.80 Å². The number of rotatable bonds is 8. The SMILES string of the molecule is O=C(c1ccccc1)N(CCN1CCOCC1)Cc1cccc(Oc2ccccc2)c1. The molecule has 5 nitrogen and oxygen atoms in total. The van der Waals surface area contributed by atoms with Gasteiger partial charge in [-0.25, -0.2) is 0 Å². The number of carbonyl (C=O) groups excluding carboxylic acids is 1. The van der Waals surface area contributed by atoms with Gasteiger partial charge in [0.05, 0.1) is 13.2 Å². The monoisotopic (exact) mass is 416 g/mol. The van der Waals surface area contributed by atoms with Crippen LogP contribution in [0.25, 0.3) is 0 Å². The highest BCUT2D eigenvalue weighted by molar-refractivity contribution is 5.94. The standard InChI is InChI=1S/C26H28N2O3/c29-26(23-9-3-1-4-10-23)28(15-14-27-16-18-30-19-17-27)21-22-8-7-13-25(20-22)31-24-11-5-2-6-12-24/h1-13,20H,14-19,21H2. The molecule has 1 heterocycles. The van der Waals surface area contributed by atoms with Crippen molar-refractivity contribution < 1.29 is 14.3 Å². The minimum absolute atomic E-state index is 0.0447. The third-order valence-electron chi connectivity index (χ3n) is 5.35. The number of morpholine rings is 1. The van der Waals surface area contributed by atoms with Gasteiger partial charge >= 0.3 is 0 Å². The predicted octanol–water partition coefficient (Wildman–Crippen LogP) is 4.45. The molecule has 1 saturated heterocycles. The van der Waals surface area contributed by atoms with Gasteiger partial charge in [-0.2, -0.15) is 0 Å². The molecule has 31 heavy (non-hydrogen) atoms. The van der Waals surface area contributed by atoms with Crippen LogP contribution in [0.3, 0.4) is 0 Å². The van der Waals surface area contributed by atoms with E-state index in [2.05, 4.69) is 4.90 Å². The molecule has 0 saturated carbocycles. The summed E-state index contributed by atoms with van der Waals surface area (Å²) in [5.74, 6) is 1.61. The zero-order chi connectivity index (χ0) is 21.3. The summed E-state index contributed by atoms with van der Waals surface area (Å²) in [6, 6.07) is 27.2. The maximum Gasteiger partial charge on any atom is 0.254 e. The van der Waals surface area contributed by atoms with Crippen molar-refractivity contribution in [2.24, 2.45) is 0 Å². The smallest absolute Gasteiger partial charge is 0.254 e. The highest BCUT2D eigenvalue weighted by atomic mass is 16.5. The van der Waals surface area contributed by atoms with Gasteiger partial charge in [0, 0.05) is 38.3 Å². The van der Waals surface area contributed by atoms with E-state index in [-0.39, 0.29) is 5.91 Å². The molecule has 0 radical (unpaired) electrons. The minimum Gasteiger partial charge on any atom is -0.457 e. The molecule has 3 aromatic carbocycles. The lowest BCUT2D eigenvalue weighted by atomic mass is 10.1. The van der Waals surface area contributed by atoms with Crippen molar-refractivity contribution in [1.29, 1.82) is 0 Å². The van der Waals surface area contributed by atoms with Gasteiger partial charge in [0.2, 0.25) is 0 Å². The topological polar surface area (TPSA) is 42.0 Å². The van der Waals surface area contributed by atoms with Gasteiger partial charge in [-0.15, -0.1) is 0 Å². The Morgan fingerprint density at radius 3 is 2.29 bits per heavy atom. The molecule has 1 fully saturated rings. The first-order valence-electron chi connectivity index (χ1n) is 10.7. The van der Waals surface area contributed by atoms with Crippen molar-refractivity contribution in [3.05, 3.63) is 96.1 Å². The lowest BCUT2D eigenvalue weighted by molar-refractivity contribution is 0.0320. The molecular weight excluding hydrogens is 388 g/mol. The van der Waals surface area contributed by atoms with Crippen molar-refractivity contribution in [2.75, 3.05) is 39.4 Å². The molecule has 1 aliphatic rings. The first kappa shape index (κ1) is 21.1. The Bertz CT molecular complexity index is 957. The second-order valence-electron chi connectivity index (χ2n) is 7.61. The van der Waals surface area contributed by atoms with Gasteiger partial charge in [-0.3, -0.25) is 9.69 Å². The van der Waals surface area contributed by atoms with E-state index in [1.54, 1.807) is 0 Å². The largest absolute Gasteiger partial charge is 0.457 e. The number of ether oxygens (including phenoxy) is 2. The molecule has 1 amide bonds. The summed E-state index contributed by atoms with van der Waals surface area (Å²) >= 11 is 0. The van der Waals surface area contributed by atoms with Crippen LogP contribution in [0.5, 0.6) is 11.5 Å². The quantitative estimate of drug-likeness (QED) is 0.544. The maximum atomic E-state index is 13.2. The van der Waals surface area contributed by atoms with E-state index in [9.17, 15) is 4.79 Å². The van der Waals surface area contributed by atoms with Gasteiger partial charge in [-0.05, 0) is 42.0 Å². The van der Waals surface area contributed by atoms with Crippen molar-refractivity contribution in [2.45, 2.75) is 6.54 Å². The Morgan fingerprint density at radius 1 is 0.871 bits per heavy atom. The molecule has 0 aliphatic carbocycles. The van der Waals surface area contributed by atoms with Gasteiger partial charge in [0.25, 0.3) is 5.91 Å². The van der Waals surface area contributed by atoms with Crippen LogP contribution in [0.2, 0.25) is 0 Å². The average molecular weight is 417 g/mol. The lowest BCUT2D eigenvalue weighted by Crippen LogP contribution is -2.42. The van der Waals surface area contributed by atoms with Crippen LogP contribution in [0.15, 0.2) is 84.9 Å². The molecule has 1 aliphatic heterocycles. The molecular formula is C26H28N2O3. The van der Waals surface area contributed by atoms with Crippen molar-refractivity contribution >= 4 is 5.91 Å². The molecule has 0 atom stereocenters. The predicted molar refractivity (Wildman–Crippen MR) is 121 cm³/mol. The molecule has 0 bridgehead atoms. The summed E-state index contributed by atoms with van der Waals surface area (Å²) in [5, 5.41) is 0. The van der Waals surface area contributed by atoms with E-state index >= 15 is 0 Å². The molecule has 5 heteroatoms. The molecule has 0 aromatic heterocycles. The van der Waals surface area contributed by atoms with Crippen LogP contribution in [-0.4, -0.2) is 55.1 Å². The summed E-state index contributed by atoms with van der Waals surface area (Å²) in [6.45, 7) is 5.36. The Morgan fingerprint density at radius 2 is 1.55 bits per heavy atom. The van der Waals surface area contributed by atoms with Crippen LogP contribution in [0.4, 0.5) is 0 Å². The minimum atomic E-state index is 0.0447. The van der Waals surface area contributed by atoms with Gasteiger partial charge in [-0.1, -0.05) is 48.5 Å². The Hall–Kier alpha value is -3.15. The summed E-state index contributed by atoms with van der Waals surface area (Å²) < 4.78 is 11.4. The fraction of sp³-hybridized carbons (Fsp3) is 0.269. The number of nitrogens with zero attached hydrogens (tertiary/aromatic N) is 2. The zero-order valence-corrected chi connectivity index (χ0v) is 17.7. The van der Waals surface area contributed by atoms with E-state index in [1.807, 2.05) is 89.8 Å². The van der Waals surface area contributed by atoms with Crippen molar-refractivity contribution in [3.63, 3.8) is 0 Å². The zero-order valence-electron chi connectivity index (χ0n) is 17.7. The van der Waals surface area contributed by atoms with Crippen molar-refractivity contribution in [3.8, 4) is 11.5 Å². The Labute approximate surface area is 183 Å². The van der Waals surface area contributed by atoms with E-state index in [1.165, 1.54) is 0 Å². The molecule has 0 N–H and O–H groups in total. The summed E-state index contributed by atoms with van der Waals surface area (Å²) in [5.41, 5.74) is 1.75. The highest BCUT2D eigenvalue weighted by Gasteiger charge is 2.18. The lowest BCUT2D eigenvalue weighted by Gasteiger charge is -2.30. The van der Waals surface area contributed by atoms with Gasteiger partial charge in [0.1, 0.15) is 11.5 Å². The molecule has 0 unspecified atom stereocenters. The van der Waals surface area contributed by atoms with Crippen LogP contribution in [0.1, 0.15) is 15.9 Å². The number of hydrogen-bond acceptors (Lipinski definition) is 4. The van der Waals surface area contributed by atoms with E-state index in [0.717, 1.165) is 49.9 Å². The summed E-state index contributed by atoms with van der Waals surface area (Å²) in [6.07, 6.45) is 0. The molecule has 4 rings (SSSR count). The third-order valence-corrected chi connectivity index (χ3v) is 5.35. The first-order chi connectivity index (χ1) is 15.3. The second kappa shape index (κ2) is 10.8. The summed E-state index contributed by atoms with van der Waals surface area (Å²) in [4.78, 5) is 17.5. The van der Waals surface area contributed by atoms with E-state index in [4.69, 9.17) is 9.47 Å². The second-order valence-corrected chi connectivity index (χ2v) is 7.61. The van der Waals surface area contributed by atoms with Crippen LogP contribution >= 0.6 is 0 Å². The van der Waals surface area contributed by atoms with E-state index in [0.29, 0.717) is 18.7 Å². The maximum absolute atomic E-state index is 13.2. The Kier molecular flexibility index (Phi) is 7.32. The normalized spacial score (nSPS) is 14.2. The van der Waals surface area contributed by atoms with Gasteiger partial charge < -0.3 is 14.4 Å². The number of carbonyl (C=O) groups is 1. The number of para-hydroxylation sites is 1. The van der Waals surface area contributed by atoms with Crippen LogP contribution < -0.4 is 4.74 Å². The first-order valence-corrected chi connectivity index (χ1v) is 10.7.